The van der Waals surface area contributed by atoms with E-state index >= 15 is 0 Å². The Balaban J connectivity index is 2.30. The highest BCUT2D eigenvalue weighted by atomic mass is 16.6. The molecule has 0 fully saturated rings. The van der Waals surface area contributed by atoms with E-state index in [1.165, 1.54) is 5.56 Å². The summed E-state index contributed by atoms with van der Waals surface area (Å²) in [4.78, 5) is 22.6. The number of nitrogens with one attached hydrogen (secondary N) is 1. The number of hydrogen-bond acceptors (Lipinski definition) is 4. The van der Waals surface area contributed by atoms with Crippen molar-refractivity contribution in [2.75, 3.05) is 18.5 Å². The topological polar surface area (TPSA) is 64.6 Å². The van der Waals surface area contributed by atoms with Gasteiger partial charge in [0.25, 0.3) is 0 Å². The van der Waals surface area contributed by atoms with Crippen molar-refractivity contribution in [3.05, 3.63) is 42.0 Å². The largest absolute Gasteiger partial charge is 0.459 e. The molecule has 0 saturated heterocycles. The van der Waals surface area contributed by atoms with Crippen molar-refractivity contribution in [1.29, 1.82) is 0 Å². The van der Waals surface area contributed by atoms with Crippen LogP contribution in [0.15, 0.2) is 36.4 Å². The fourth-order valence-corrected chi connectivity index (χ4v) is 1.50. The lowest BCUT2D eigenvalue weighted by atomic mass is 10.0. The van der Waals surface area contributed by atoms with Crippen LogP contribution < -0.4 is 5.32 Å². The second-order valence-electron chi connectivity index (χ2n) is 4.95. The molecule has 1 amide bonds. The number of ether oxygens (including phenoxy) is 2. The minimum atomic E-state index is -0.585. The molecule has 0 radical (unpaired) electrons. The summed E-state index contributed by atoms with van der Waals surface area (Å²) in [7, 11) is 0. The maximum atomic E-state index is 11.5. The monoisotopic (exact) mass is 291 g/mol. The molecule has 0 unspecified atom stereocenters. The van der Waals surface area contributed by atoms with Gasteiger partial charge in [0, 0.05) is 11.3 Å². The Kier molecular flexibility index (Phi) is 6.46. The molecule has 1 aromatic carbocycles. The Bertz CT molecular complexity index is 506. The molecular formula is C16H21NO4. The Morgan fingerprint density at radius 3 is 2.24 bits per heavy atom. The predicted octanol–water partition coefficient (Wildman–Crippen LogP) is 3.48. The lowest BCUT2D eigenvalue weighted by Crippen LogP contribution is -2.18. The van der Waals surface area contributed by atoms with E-state index in [0.717, 1.165) is 0 Å². The summed E-state index contributed by atoms with van der Waals surface area (Å²) in [5.41, 5.74) is 2.16. The van der Waals surface area contributed by atoms with Gasteiger partial charge in [-0.3, -0.25) is 5.32 Å². The average molecular weight is 291 g/mol. The van der Waals surface area contributed by atoms with Crippen LogP contribution in [0.5, 0.6) is 0 Å². The Labute approximate surface area is 124 Å². The first-order chi connectivity index (χ1) is 9.90. The van der Waals surface area contributed by atoms with Crippen LogP contribution in [-0.2, 0) is 14.3 Å². The third kappa shape index (κ3) is 6.12. The zero-order valence-corrected chi connectivity index (χ0v) is 12.6. The fourth-order valence-electron chi connectivity index (χ4n) is 1.50. The van der Waals surface area contributed by atoms with Crippen LogP contribution in [0.25, 0.3) is 0 Å². The van der Waals surface area contributed by atoms with Gasteiger partial charge in [-0.05, 0) is 30.5 Å². The maximum absolute atomic E-state index is 11.5. The molecule has 21 heavy (non-hydrogen) atoms. The molecule has 0 spiro atoms. The lowest BCUT2D eigenvalue weighted by Gasteiger charge is -2.09. The minimum Gasteiger partial charge on any atom is -0.459 e. The van der Waals surface area contributed by atoms with Gasteiger partial charge < -0.3 is 9.47 Å². The second kappa shape index (κ2) is 8.09. The summed E-state index contributed by atoms with van der Waals surface area (Å²) in [6, 6.07) is 7.54. The molecule has 0 aromatic heterocycles. The third-order valence-electron chi connectivity index (χ3n) is 2.72. The maximum Gasteiger partial charge on any atom is 0.411 e. The molecule has 0 aliphatic heterocycles. The normalized spacial score (nSPS) is 10.1. The van der Waals surface area contributed by atoms with Crippen molar-refractivity contribution in [3.8, 4) is 0 Å². The average Bonchev–Trinajstić information content (AvgIpc) is 2.43. The predicted molar refractivity (Wildman–Crippen MR) is 81.3 cm³/mol. The van der Waals surface area contributed by atoms with E-state index in [9.17, 15) is 9.59 Å². The number of rotatable bonds is 6. The third-order valence-corrected chi connectivity index (χ3v) is 2.72. The van der Waals surface area contributed by atoms with Gasteiger partial charge in [0.2, 0.25) is 0 Å². The summed E-state index contributed by atoms with van der Waals surface area (Å²) in [5.74, 6) is -0.0581. The Morgan fingerprint density at radius 2 is 1.71 bits per heavy atom. The first-order valence-corrected chi connectivity index (χ1v) is 6.76. The van der Waals surface area contributed by atoms with Crippen molar-refractivity contribution in [3.63, 3.8) is 0 Å². The summed E-state index contributed by atoms with van der Waals surface area (Å²) < 4.78 is 9.70. The fraction of sp³-hybridized carbons (Fsp3) is 0.375. The van der Waals surface area contributed by atoms with Crippen LogP contribution in [0.4, 0.5) is 10.5 Å². The zero-order chi connectivity index (χ0) is 15.8. The van der Waals surface area contributed by atoms with E-state index in [0.29, 0.717) is 17.2 Å². The SMILES string of the molecule is C=C(C)C(=O)OCCOC(=O)Nc1ccc(C(C)C)cc1. The summed E-state index contributed by atoms with van der Waals surface area (Å²) in [6.07, 6.45) is -0.585. The van der Waals surface area contributed by atoms with Crippen LogP contribution in [0.3, 0.4) is 0 Å². The molecular weight excluding hydrogens is 270 g/mol. The Morgan fingerprint density at radius 1 is 1.14 bits per heavy atom. The van der Waals surface area contributed by atoms with Gasteiger partial charge in [0.05, 0.1) is 0 Å². The van der Waals surface area contributed by atoms with Gasteiger partial charge in [0.15, 0.2) is 0 Å². The number of benzene rings is 1. The van der Waals surface area contributed by atoms with Gasteiger partial charge in [-0.2, -0.15) is 0 Å². The number of esters is 1. The van der Waals surface area contributed by atoms with Crippen molar-refractivity contribution < 1.29 is 19.1 Å². The molecule has 5 nitrogen and oxygen atoms in total. The first kappa shape index (κ1) is 16.8. The molecule has 0 saturated carbocycles. The number of hydrogen-bond donors (Lipinski definition) is 1. The Hall–Kier alpha value is -2.30. The van der Waals surface area contributed by atoms with E-state index < -0.39 is 12.1 Å². The van der Waals surface area contributed by atoms with Crippen LogP contribution >= 0.6 is 0 Å². The van der Waals surface area contributed by atoms with E-state index in [1.54, 1.807) is 6.92 Å². The van der Waals surface area contributed by atoms with Crippen LogP contribution in [0, 0.1) is 0 Å². The highest BCUT2D eigenvalue weighted by Gasteiger charge is 2.06. The molecule has 0 bridgehead atoms. The summed E-state index contributed by atoms with van der Waals surface area (Å²) in [6.45, 7) is 9.20. The molecule has 0 atom stereocenters. The minimum absolute atomic E-state index is 0.00503. The molecule has 114 valence electrons. The molecule has 0 aliphatic rings. The molecule has 0 aliphatic carbocycles. The van der Waals surface area contributed by atoms with Gasteiger partial charge >= 0.3 is 12.1 Å². The van der Waals surface area contributed by atoms with Crippen LogP contribution in [0.1, 0.15) is 32.3 Å². The second-order valence-corrected chi connectivity index (χ2v) is 4.95. The molecule has 0 heterocycles. The molecule has 1 rings (SSSR count). The quantitative estimate of drug-likeness (QED) is 0.495. The summed E-state index contributed by atoms with van der Waals surface area (Å²) >= 11 is 0. The van der Waals surface area contributed by atoms with Gasteiger partial charge in [0.1, 0.15) is 13.2 Å². The molecule has 5 heteroatoms. The first-order valence-electron chi connectivity index (χ1n) is 6.76. The number of anilines is 1. The van der Waals surface area contributed by atoms with Crippen molar-refractivity contribution in [2.24, 2.45) is 0 Å². The molecule has 1 aromatic rings. The van der Waals surface area contributed by atoms with Crippen molar-refractivity contribution in [1.82, 2.24) is 0 Å². The van der Waals surface area contributed by atoms with Crippen molar-refractivity contribution >= 4 is 17.7 Å². The van der Waals surface area contributed by atoms with Gasteiger partial charge in [-0.15, -0.1) is 0 Å². The standard InChI is InChI=1S/C16H21NO4/c1-11(2)13-5-7-14(8-6-13)17-16(19)21-10-9-20-15(18)12(3)4/h5-8,11H,3,9-10H2,1-2,4H3,(H,17,19). The zero-order valence-electron chi connectivity index (χ0n) is 12.6. The van der Waals surface area contributed by atoms with E-state index in [4.69, 9.17) is 9.47 Å². The van der Waals surface area contributed by atoms with E-state index in [2.05, 4.69) is 25.7 Å². The van der Waals surface area contributed by atoms with Crippen LogP contribution in [0.2, 0.25) is 0 Å². The smallest absolute Gasteiger partial charge is 0.411 e. The van der Waals surface area contributed by atoms with Crippen LogP contribution in [-0.4, -0.2) is 25.3 Å². The highest BCUT2D eigenvalue weighted by Crippen LogP contribution is 2.17. The highest BCUT2D eigenvalue weighted by molar-refractivity contribution is 5.87. The number of carbonyl (C=O) groups excluding carboxylic acids is 2. The number of carbonyl (C=O) groups is 2. The summed E-state index contributed by atoms with van der Waals surface area (Å²) in [5, 5.41) is 2.60. The van der Waals surface area contributed by atoms with Gasteiger partial charge in [-0.1, -0.05) is 32.6 Å². The number of amides is 1. The molecule has 1 N–H and O–H groups in total. The lowest BCUT2D eigenvalue weighted by molar-refractivity contribution is -0.139. The van der Waals surface area contributed by atoms with Crippen molar-refractivity contribution in [2.45, 2.75) is 26.7 Å². The van der Waals surface area contributed by atoms with E-state index in [-0.39, 0.29) is 13.2 Å². The van der Waals surface area contributed by atoms with Gasteiger partial charge in [-0.25, -0.2) is 9.59 Å². The van der Waals surface area contributed by atoms with E-state index in [1.807, 2.05) is 24.3 Å².